The van der Waals surface area contributed by atoms with Crippen LogP contribution in [0, 0.1) is 12.8 Å². The fourth-order valence-electron chi connectivity index (χ4n) is 4.36. The van der Waals surface area contributed by atoms with Gasteiger partial charge in [0, 0.05) is 32.7 Å². The second-order valence-corrected chi connectivity index (χ2v) is 14.1. The number of aromatic hydroxyl groups is 1. The molecule has 0 aliphatic heterocycles. The van der Waals surface area contributed by atoms with Crippen LogP contribution in [0.3, 0.4) is 0 Å². The minimum Gasteiger partial charge on any atom is -0.508 e. The standard InChI is InChI=1S/C10H16.C8H18O.C7H14O2.C7H8O.C6H14O2.C6H12O.C4H10/c1-8(2)10-6-4-9(3)5-7-10;1-2-3-4-5-6-7-8-9;1-2-3-4-5-6-7(8)9;1-6-2-4-7(8)5-3-6;1-4-7-6(3)8-5-2;1-2-3-4-5-6-7;1-3-4-2/h4,7-8H,5-6H2,1-3H3;9H,2-8H2,1H3;2-6H2,1H3,(H,8,9);2-5,8H,1H3;6H,4-5H2,1-3H3;6H,2-5H2,1H3;3-4H2,1-2H3. The SMILES string of the molecule is CC1=CCC(C(C)C)=CC1.CCCC.CCCCCC=O.CCCCCCC(=O)O.CCCCCCCCO.CCOC(C)OCC.Cc1ccc(O)cc1. The summed E-state index contributed by atoms with van der Waals surface area (Å²) in [4.78, 5) is 19.6. The van der Waals surface area contributed by atoms with Crippen LogP contribution >= 0.6 is 0 Å². The zero-order valence-corrected chi connectivity index (χ0v) is 38.2. The Morgan fingerprint density at radius 1 is 0.673 bits per heavy atom. The van der Waals surface area contributed by atoms with E-state index in [4.69, 9.17) is 24.8 Å². The van der Waals surface area contributed by atoms with E-state index in [-0.39, 0.29) is 6.29 Å². The van der Waals surface area contributed by atoms with Crippen LogP contribution < -0.4 is 0 Å². The van der Waals surface area contributed by atoms with E-state index in [0.29, 0.717) is 18.8 Å². The largest absolute Gasteiger partial charge is 0.508 e. The van der Waals surface area contributed by atoms with Crippen molar-refractivity contribution in [2.75, 3.05) is 19.8 Å². The molecule has 1 aromatic carbocycles. The molecule has 326 valence electrons. The Morgan fingerprint density at radius 3 is 1.51 bits per heavy atom. The van der Waals surface area contributed by atoms with E-state index in [0.717, 1.165) is 63.9 Å². The number of unbranched alkanes of at least 4 members (excludes halogenated alkanes) is 12. The number of carboxylic acids is 1. The summed E-state index contributed by atoms with van der Waals surface area (Å²) in [6.07, 6.45) is 26.9. The van der Waals surface area contributed by atoms with Crippen molar-refractivity contribution in [3.8, 4) is 5.75 Å². The molecule has 2 rings (SSSR count). The van der Waals surface area contributed by atoms with Crippen molar-refractivity contribution >= 4 is 12.3 Å². The predicted octanol–water partition coefficient (Wildman–Crippen LogP) is 14.4. The molecule has 0 unspecified atom stereocenters. The first kappa shape index (κ1) is 61.7. The van der Waals surface area contributed by atoms with Crippen LogP contribution in [-0.4, -0.2) is 53.7 Å². The number of phenolic OH excluding ortho intramolecular Hbond substituents is 1. The summed E-state index contributed by atoms with van der Waals surface area (Å²) in [6.45, 7) is 27.2. The van der Waals surface area contributed by atoms with E-state index in [1.165, 1.54) is 88.2 Å². The third-order valence-electron chi connectivity index (χ3n) is 8.13. The Kier molecular flexibility index (Phi) is 60.2. The van der Waals surface area contributed by atoms with E-state index in [2.05, 4.69) is 67.5 Å². The van der Waals surface area contributed by atoms with Gasteiger partial charge in [0.2, 0.25) is 0 Å². The second kappa shape index (κ2) is 53.6. The summed E-state index contributed by atoms with van der Waals surface area (Å²) in [6, 6.07) is 7.09. The number of hydrogen-bond donors (Lipinski definition) is 3. The van der Waals surface area contributed by atoms with E-state index in [9.17, 15) is 9.59 Å². The molecule has 0 aromatic heterocycles. The molecule has 7 heteroatoms. The van der Waals surface area contributed by atoms with Crippen molar-refractivity contribution in [2.24, 2.45) is 5.92 Å². The van der Waals surface area contributed by atoms with Crippen LogP contribution in [0.4, 0.5) is 0 Å². The first-order valence-electron chi connectivity index (χ1n) is 21.9. The first-order valence-corrected chi connectivity index (χ1v) is 21.9. The van der Waals surface area contributed by atoms with Crippen molar-refractivity contribution in [3.05, 3.63) is 53.1 Å². The molecule has 0 amide bonds. The molecule has 55 heavy (non-hydrogen) atoms. The molecule has 0 fully saturated rings. The number of aliphatic hydroxyl groups is 1. The molecule has 7 nitrogen and oxygen atoms in total. The van der Waals surface area contributed by atoms with Gasteiger partial charge >= 0.3 is 5.97 Å². The van der Waals surface area contributed by atoms with E-state index < -0.39 is 5.97 Å². The number of phenols is 1. The maximum Gasteiger partial charge on any atom is 0.303 e. The number of aldehydes is 1. The van der Waals surface area contributed by atoms with Crippen LogP contribution in [0.2, 0.25) is 0 Å². The summed E-state index contributed by atoms with van der Waals surface area (Å²) in [5.74, 6) is 0.394. The fraction of sp³-hybridized carbons (Fsp3) is 0.750. The van der Waals surface area contributed by atoms with Gasteiger partial charge in [-0.3, -0.25) is 4.79 Å². The highest BCUT2D eigenvalue weighted by atomic mass is 16.7. The molecular formula is C48H92O7. The third kappa shape index (κ3) is 63.7. The van der Waals surface area contributed by atoms with Crippen molar-refractivity contribution in [3.63, 3.8) is 0 Å². The molecule has 3 N–H and O–H groups in total. The second-order valence-electron chi connectivity index (χ2n) is 14.1. The average molecular weight is 781 g/mol. The van der Waals surface area contributed by atoms with Crippen LogP contribution in [0.5, 0.6) is 5.75 Å². The number of benzene rings is 1. The minimum atomic E-state index is -0.675. The van der Waals surface area contributed by atoms with Gasteiger partial charge in [-0.25, -0.2) is 0 Å². The molecule has 1 aromatic rings. The number of allylic oxidation sites excluding steroid dienone is 4. The van der Waals surface area contributed by atoms with Gasteiger partial charge in [-0.1, -0.05) is 167 Å². The molecule has 0 bridgehead atoms. The number of aryl methyl sites for hydroxylation is 1. The Balaban J connectivity index is -0.000000179. The average Bonchev–Trinajstić information content (AvgIpc) is 3.16. The monoisotopic (exact) mass is 781 g/mol. The van der Waals surface area contributed by atoms with Gasteiger partial charge in [0.25, 0.3) is 0 Å². The number of aliphatic carboxylic acids is 1. The molecular weight excluding hydrogens is 689 g/mol. The predicted molar refractivity (Wildman–Crippen MR) is 239 cm³/mol. The lowest BCUT2D eigenvalue weighted by atomic mass is 9.93. The molecule has 0 heterocycles. The number of rotatable bonds is 21. The van der Waals surface area contributed by atoms with Crippen molar-refractivity contribution in [1.29, 1.82) is 0 Å². The zero-order valence-electron chi connectivity index (χ0n) is 38.2. The number of hydrogen-bond acceptors (Lipinski definition) is 6. The number of carboxylic acid groups (broad SMARTS) is 1. The van der Waals surface area contributed by atoms with Crippen molar-refractivity contribution in [2.45, 2.75) is 211 Å². The molecule has 1 aliphatic rings. The minimum absolute atomic E-state index is 0.0370. The maximum atomic E-state index is 9.96. The van der Waals surface area contributed by atoms with Gasteiger partial charge in [0.15, 0.2) is 6.29 Å². The number of carbonyl (C=O) groups is 2. The van der Waals surface area contributed by atoms with Gasteiger partial charge in [0.1, 0.15) is 12.0 Å². The molecule has 0 atom stereocenters. The van der Waals surface area contributed by atoms with E-state index in [1.807, 2.05) is 39.8 Å². The lowest BCUT2D eigenvalue weighted by molar-refractivity contribution is -0.137. The molecule has 0 saturated heterocycles. The number of carbonyl (C=O) groups excluding carboxylic acids is 1. The van der Waals surface area contributed by atoms with Crippen LogP contribution in [0.15, 0.2) is 47.6 Å². The molecule has 0 saturated carbocycles. The third-order valence-corrected chi connectivity index (χ3v) is 8.13. The lowest BCUT2D eigenvalue weighted by Gasteiger charge is -2.13. The van der Waals surface area contributed by atoms with Crippen LogP contribution in [0.25, 0.3) is 0 Å². The maximum absolute atomic E-state index is 9.96. The summed E-state index contributed by atoms with van der Waals surface area (Å²) in [5.41, 5.74) is 4.29. The zero-order chi connectivity index (χ0) is 43.0. The van der Waals surface area contributed by atoms with Gasteiger partial charge in [0.05, 0.1) is 0 Å². The Hall–Kier alpha value is -2.48. The molecule has 0 radical (unpaired) electrons. The van der Waals surface area contributed by atoms with Gasteiger partial charge in [-0.05, 0) is 84.8 Å². The van der Waals surface area contributed by atoms with Crippen molar-refractivity contribution in [1.82, 2.24) is 0 Å². The summed E-state index contributed by atoms with van der Waals surface area (Å²) >= 11 is 0. The molecule has 1 aliphatic carbocycles. The van der Waals surface area contributed by atoms with E-state index in [1.54, 1.807) is 17.7 Å². The lowest BCUT2D eigenvalue weighted by Crippen LogP contribution is -2.11. The summed E-state index contributed by atoms with van der Waals surface area (Å²) < 4.78 is 10.1. The van der Waals surface area contributed by atoms with Gasteiger partial charge < -0.3 is 29.6 Å². The Bertz CT molecular complexity index is 903. The quantitative estimate of drug-likeness (QED) is 0.0492. The van der Waals surface area contributed by atoms with Crippen LogP contribution in [-0.2, 0) is 19.1 Å². The highest BCUT2D eigenvalue weighted by Gasteiger charge is 2.04. The van der Waals surface area contributed by atoms with Gasteiger partial charge in [-0.2, -0.15) is 0 Å². The highest BCUT2D eigenvalue weighted by molar-refractivity contribution is 5.66. The van der Waals surface area contributed by atoms with E-state index >= 15 is 0 Å². The van der Waals surface area contributed by atoms with Crippen molar-refractivity contribution < 1.29 is 34.4 Å². The smallest absolute Gasteiger partial charge is 0.303 e. The topological polar surface area (TPSA) is 113 Å². The Labute approximate surface area is 341 Å². The number of aliphatic hydroxyl groups excluding tert-OH is 1. The normalized spacial score (nSPS) is 11.1. The van der Waals surface area contributed by atoms with Crippen LogP contribution in [0.1, 0.15) is 204 Å². The fourth-order valence-corrected chi connectivity index (χ4v) is 4.36. The van der Waals surface area contributed by atoms with Gasteiger partial charge in [-0.15, -0.1) is 0 Å². The summed E-state index contributed by atoms with van der Waals surface area (Å²) in [5, 5.41) is 25.4. The molecule has 0 spiro atoms. The first-order chi connectivity index (χ1) is 26.3. The highest BCUT2D eigenvalue weighted by Crippen LogP contribution is 2.22. The Morgan fingerprint density at radius 2 is 1.15 bits per heavy atom. The summed E-state index contributed by atoms with van der Waals surface area (Å²) in [7, 11) is 0. The number of ether oxygens (including phenoxy) is 2.